The minimum atomic E-state index is -0.452. The summed E-state index contributed by atoms with van der Waals surface area (Å²) in [6.45, 7) is 3.78. The third kappa shape index (κ3) is 3.24. The lowest BCUT2D eigenvalue weighted by Gasteiger charge is -2.16. The van der Waals surface area contributed by atoms with Crippen molar-refractivity contribution in [3.63, 3.8) is 0 Å². The number of anilines is 1. The van der Waals surface area contributed by atoms with E-state index in [1.54, 1.807) is 6.92 Å². The highest BCUT2D eigenvalue weighted by molar-refractivity contribution is 6.30. The van der Waals surface area contributed by atoms with Crippen molar-refractivity contribution in [1.82, 2.24) is 4.98 Å². The maximum Gasteiger partial charge on any atom is 0.287 e. The lowest BCUT2D eigenvalue weighted by atomic mass is 10.1. The molecule has 0 spiro atoms. The van der Waals surface area contributed by atoms with E-state index in [9.17, 15) is 10.1 Å². The zero-order valence-corrected chi connectivity index (χ0v) is 11.9. The van der Waals surface area contributed by atoms with E-state index in [1.165, 1.54) is 12.3 Å². The summed E-state index contributed by atoms with van der Waals surface area (Å²) >= 11 is 5.85. The van der Waals surface area contributed by atoms with E-state index in [4.69, 9.17) is 11.6 Å². The first-order valence-electron chi connectivity index (χ1n) is 6.10. The van der Waals surface area contributed by atoms with Crippen molar-refractivity contribution in [2.75, 3.05) is 5.32 Å². The Balaban J connectivity index is 2.17. The maximum atomic E-state index is 10.7. The minimum Gasteiger partial charge on any atom is -0.363 e. The van der Waals surface area contributed by atoms with Crippen LogP contribution in [0.4, 0.5) is 11.5 Å². The first kappa shape index (κ1) is 14.3. The molecule has 1 unspecified atom stereocenters. The summed E-state index contributed by atoms with van der Waals surface area (Å²) < 4.78 is 0. The molecule has 0 radical (unpaired) electrons. The molecular formula is C14H14ClN3O2. The summed E-state index contributed by atoms with van der Waals surface area (Å²) in [5.41, 5.74) is 1.79. The predicted octanol–water partition coefficient (Wildman–Crippen LogP) is 4.12. The Hall–Kier alpha value is -2.14. The molecule has 104 valence electrons. The number of rotatable bonds is 4. The van der Waals surface area contributed by atoms with E-state index in [0.29, 0.717) is 10.8 Å². The van der Waals surface area contributed by atoms with Gasteiger partial charge in [-0.1, -0.05) is 23.7 Å². The first-order valence-corrected chi connectivity index (χ1v) is 6.48. The summed E-state index contributed by atoms with van der Waals surface area (Å²) in [6.07, 6.45) is 1.25. The molecule has 0 fully saturated rings. The molecule has 2 aromatic rings. The largest absolute Gasteiger partial charge is 0.363 e. The molecule has 20 heavy (non-hydrogen) atoms. The fourth-order valence-electron chi connectivity index (χ4n) is 1.85. The molecular weight excluding hydrogens is 278 g/mol. The average molecular weight is 292 g/mol. The van der Waals surface area contributed by atoms with Gasteiger partial charge in [0.05, 0.1) is 4.92 Å². The average Bonchev–Trinajstić information content (AvgIpc) is 2.41. The van der Waals surface area contributed by atoms with Gasteiger partial charge in [0.2, 0.25) is 0 Å². The topological polar surface area (TPSA) is 68.1 Å². The summed E-state index contributed by atoms with van der Waals surface area (Å²) in [4.78, 5) is 14.3. The fourth-order valence-corrected chi connectivity index (χ4v) is 1.98. The van der Waals surface area contributed by atoms with Gasteiger partial charge in [-0.25, -0.2) is 4.98 Å². The van der Waals surface area contributed by atoms with Crippen LogP contribution >= 0.6 is 11.6 Å². The second-order valence-corrected chi connectivity index (χ2v) is 4.97. The number of benzene rings is 1. The number of hydrogen-bond donors (Lipinski definition) is 1. The molecule has 0 aliphatic rings. The Morgan fingerprint density at radius 1 is 1.35 bits per heavy atom. The van der Waals surface area contributed by atoms with Crippen molar-refractivity contribution in [1.29, 1.82) is 0 Å². The molecule has 0 saturated heterocycles. The molecule has 1 heterocycles. The number of nitrogens with zero attached hydrogens (tertiary/aromatic N) is 2. The standard InChI is InChI=1S/C14H14ClN3O2/c1-9-7-13(18(19)20)8-16-14(9)17-10(2)11-3-5-12(15)6-4-11/h3-8,10H,1-2H3,(H,16,17). The third-order valence-electron chi connectivity index (χ3n) is 3.00. The summed E-state index contributed by atoms with van der Waals surface area (Å²) in [5.74, 6) is 0.637. The zero-order chi connectivity index (χ0) is 14.7. The van der Waals surface area contributed by atoms with E-state index in [1.807, 2.05) is 31.2 Å². The maximum absolute atomic E-state index is 10.7. The summed E-state index contributed by atoms with van der Waals surface area (Å²) in [6, 6.07) is 9.04. The molecule has 0 bridgehead atoms. The van der Waals surface area contributed by atoms with Gasteiger partial charge >= 0.3 is 0 Å². The van der Waals surface area contributed by atoms with Gasteiger partial charge in [-0.05, 0) is 37.1 Å². The molecule has 0 aliphatic heterocycles. The molecule has 0 amide bonds. The number of aryl methyl sites for hydroxylation is 1. The van der Waals surface area contributed by atoms with Gasteiger partial charge in [0.15, 0.2) is 0 Å². The van der Waals surface area contributed by atoms with Gasteiger partial charge in [0.1, 0.15) is 12.0 Å². The van der Waals surface area contributed by atoms with E-state index in [0.717, 1.165) is 11.1 Å². The fraction of sp³-hybridized carbons (Fsp3) is 0.214. The van der Waals surface area contributed by atoms with Crippen LogP contribution in [0.2, 0.25) is 5.02 Å². The van der Waals surface area contributed by atoms with E-state index in [2.05, 4.69) is 10.3 Å². The van der Waals surface area contributed by atoms with Crippen LogP contribution < -0.4 is 5.32 Å². The van der Waals surface area contributed by atoms with Crippen LogP contribution in [-0.2, 0) is 0 Å². The quantitative estimate of drug-likeness (QED) is 0.679. The number of nitrogens with one attached hydrogen (secondary N) is 1. The third-order valence-corrected chi connectivity index (χ3v) is 3.25. The smallest absolute Gasteiger partial charge is 0.287 e. The molecule has 1 atom stereocenters. The Morgan fingerprint density at radius 2 is 2.00 bits per heavy atom. The van der Waals surface area contributed by atoms with Crippen molar-refractivity contribution in [2.45, 2.75) is 19.9 Å². The second kappa shape index (κ2) is 5.88. The van der Waals surface area contributed by atoms with Gasteiger partial charge < -0.3 is 5.32 Å². The van der Waals surface area contributed by atoms with E-state index >= 15 is 0 Å². The highest BCUT2D eigenvalue weighted by Crippen LogP contribution is 2.23. The van der Waals surface area contributed by atoms with Crippen molar-refractivity contribution < 1.29 is 4.92 Å². The van der Waals surface area contributed by atoms with E-state index in [-0.39, 0.29) is 11.7 Å². The van der Waals surface area contributed by atoms with Crippen LogP contribution in [0.15, 0.2) is 36.5 Å². The molecule has 1 aromatic carbocycles. The Morgan fingerprint density at radius 3 is 2.55 bits per heavy atom. The summed E-state index contributed by atoms with van der Waals surface area (Å²) in [7, 11) is 0. The van der Waals surface area contributed by atoms with Crippen molar-refractivity contribution in [3.05, 3.63) is 62.8 Å². The highest BCUT2D eigenvalue weighted by Gasteiger charge is 2.12. The van der Waals surface area contributed by atoms with Crippen LogP contribution in [0.1, 0.15) is 24.1 Å². The van der Waals surface area contributed by atoms with Gasteiger partial charge in [-0.2, -0.15) is 0 Å². The van der Waals surface area contributed by atoms with Crippen LogP contribution in [-0.4, -0.2) is 9.91 Å². The number of pyridine rings is 1. The number of nitro groups is 1. The number of halogens is 1. The molecule has 6 heteroatoms. The van der Waals surface area contributed by atoms with Crippen LogP contribution in [0, 0.1) is 17.0 Å². The number of hydrogen-bond acceptors (Lipinski definition) is 4. The normalized spacial score (nSPS) is 11.9. The molecule has 0 saturated carbocycles. The van der Waals surface area contributed by atoms with Gasteiger partial charge in [-0.15, -0.1) is 0 Å². The Bertz CT molecular complexity index is 629. The van der Waals surface area contributed by atoms with Gasteiger partial charge in [0.25, 0.3) is 5.69 Å². The molecule has 1 aromatic heterocycles. The van der Waals surface area contributed by atoms with Crippen LogP contribution in [0.5, 0.6) is 0 Å². The number of aromatic nitrogens is 1. The predicted molar refractivity (Wildman–Crippen MR) is 79.1 cm³/mol. The van der Waals surface area contributed by atoms with Crippen LogP contribution in [0.25, 0.3) is 0 Å². The van der Waals surface area contributed by atoms with Gasteiger partial charge in [-0.3, -0.25) is 10.1 Å². The molecule has 2 rings (SSSR count). The van der Waals surface area contributed by atoms with Crippen molar-refractivity contribution in [3.8, 4) is 0 Å². The Kier molecular flexibility index (Phi) is 4.20. The molecule has 5 nitrogen and oxygen atoms in total. The minimum absolute atomic E-state index is 0.00723. The monoisotopic (exact) mass is 291 g/mol. The SMILES string of the molecule is Cc1cc([N+](=O)[O-])cnc1NC(C)c1ccc(Cl)cc1. The van der Waals surface area contributed by atoms with Crippen molar-refractivity contribution >= 4 is 23.1 Å². The summed E-state index contributed by atoms with van der Waals surface area (Å²) in [5, 5.41) is 14.6. The lowest BCUT2D eigenvalue weighted by molar-refractivity contribution is -0.385. The van der Waals surface area contributed by atoms with Gasteiger partial charge in [0, 0.05) is 17.1 Å². The lowest BCUT2D eigenvalue weighted by Crippen LogP contribution is -2.09. The second-order valence-electron chi connectivity index (χ2n) is 4.53. The zero-order valence-electron chi connectivity index (χ0n) is 11.1. The highest BCUT2D eigenvalue weighted by atomic mass is 35.5. The van der Waals surface area contributed by atoms with Crippen molar-refractivity contribution in [2.24, 2.45) is 0 Å². The Labute approximate surface area is 121 Å². The van der Waals surface area contributed by atoms with E-state index < -0.39 is 4.92 Å². The molecule has 1 N–H and O–H groups in total. The first-order chi connectivity index (χ1) is 9.47. The molecule has 0 aliphatic carbocycles. The van der Waals surface area contributed by atoms with Crippen LogP contribution in [0.3, 0.4) is 0 Å².